The van der Waals surface area contributed by atoms with Crippen molar-refractivity contribution < 1.29 is 130 Å². The number of hydrogen-bond donors (Lipinski definition) is 9. The summed E-state index contributed by atoms with van der Waals surface area (Å²) in [4.78, 5) is 239. The van der Waals surface area contributed by atoms with Gasteiger partial charge in [-0.25, -0.2) is 43.9 Å². The van der Waals surface area contributed by atoms with E-state index in [2.05, 4.69) is 54.8 Å². The van der Waals surface area contributed by atoms with Crippen LogP contribution >= 0.6 is 47.1 Å². The van der Waals surface area contributed by atoms with E-state index in [1.165, 1.54) is 68.1 Å². The maximum Gasteiger partial charge on any atom is 0.351 e. The van der Waals surface area contributed by atoms with Crippen LogP contribution in [0.15, 0.2) is 93.1 Å². The van der Waals surface area contributed by atoms with Gasteiger partial charge >= 0.3 is 35.2 Å². The van der Waals surface area contributed by atoms with Crippen LogP contribution < -0.4 is 98.1 Å². The number of anilines is 4. The fourth-order valence-corrected chi connectivity index (χ4v) is 26.5. The Kier molecular flexibility index (Phi) is 34.1. The highest BCUT2D eigenvalue weighted by Crippen LogP contribution is 2.57. The molecule has 16 heterocycles. The first-order valence-electron chi connectivity index (χ1n) is 43.5. The maximum absolute atomic E-state index is 15.0. The van der Waals surface area contributed by atoms with Crippen LogP contribution in [0.1, 0.15) is 130 Å². The summed E-state index contributed by atoms with van der Waals surface area (Å²) in [6.45, 7) is -29.7. The molecule has 16 rings (SSSR count). The third-order valence-electron chi connectivity index (χ3n) is 23.9. The Bertz CT molecular complexity index is 7390. The molecule has 0 amide bonds. The molecular weight excluding hydrogens is 2210 g/mol. The van der Waals surface area contributed by atoms with Crippen LogP contribution in [0.4, 0.5) is 23.4 Å². The molecule has 0 spiro atoms. The lowest BCUT2D eigenvalue weighted by Crippen LogP contribution is -2.34. The minimum Gasteiger partial charge on any atom is -0.780 e. The van der Waals surface area contributed by atoms with E-state index in [0.29, 0.717) is 11.1 Å². The summed E-state index contributed by atoms with van der Waals surface area (Å²) in [5.41, 5.74) is 17.2. The molecule has 13 N–H and O–H groups in total. The number of rotatable bonds is 41. The van der Waals surface area contributed by atoms with Gasteiger partial charge in [0.15, 0.2) is 29.4 Å². The van der Waals surface area contributed by atoms with E-state index < -0.39 is 286 Å². The minimum absolute atomic E-state index is 0.00242. The summed E-state index contributed by atoms with van der Waals surface area (Å²) in [5, 5.41) is 0. The lowest BCUT2D eigenvalue weighted by Gasteiger charge is -2.36. The Morgan fingerprint density at radius 2 is 0.683 bits per heavy atom. The van der Waals surface area contributed by atoms with E-state index >= 15 is 0 Å². The number of hydrogen-bond acceptors (Lipinski definition) is 54. The van der Waals surface area contributed by atoms with Crippen molar-refractivity contribution in [2.75, 3.05) is 69.7 Å². The SMILES string of the molecule is CC[C@H]1O[C@@H](n2cnc3c(=O)[nH]c(N)nc32)C[C@H]1OP([O-])(=S)OC[C@H]1O[C@@H](n2cc(C)c(=O)[nH]c2=O)C[C@H]1OP(=O)([S-])OC[C@H]1O[C@@H](n2cc(C)c(=O)[nH]c2=O)C[C@H]1OP([O-])(=S)OC[C@H]1O[C@@H](n2cc(C)c(=O)[nH]c2=O)C[C@H]1OP([O-])(=S)OC[C@H]1O[C@@H](n2cnc3c(N)ncnc32)C[C@H]1OP([O-])(=S)OC[C@H]1O[C@@H](n2cc(C)c(N)nc2=O)C[C@H]1OP([O-])(=S)OC[C@H]1O[C@@H](n2cc(C)c(N)nc2=O)C[C@H]1OP(O)(=S)OC. The molecule has 73 heteroatoms. The second-order valence-corrected chi connectivity index (χ2v) is 53.0. The molecule has 0 radical (unpaired) electrons. The monoisotopic (exact) mass is 2300 g/mol. The normalized spacial score (nSPS) is 29.5. The van der Waals surface area contributed by atoms with Gasteiger partial charge in [0, 0.05) is 111 Å². The molecule has 28 atom stereocenters. The molecular formula is C72H91N22O37P7S7-6. The standard InChI is InChI=1S/C72H97N22O37P7S7/c1-8-35-36(9-55(118-35)94-29-80-57-62(94)83-67(76)84-66(57)98)126-133(105,140)112-22-45-39(12-51(121-45)90-18-32(4)63(95)85-70(90)101)128-135(107,142)114-24-46-40(13-52(122-46)91-19-33(5)64(96)86-71(91)102)129-136(108,143)115-25-47-41(14-53(123-47)92-20-34(6)65(97)87-72(92)103)130-137(109,144)117-26-48-42(15-54(124-48)93-28-79-56-60(75)77-27-78-61(56)93)131-138(110,145)116-23-44-38(11-50(120-44)89-17-31(3)59(74)82-69(89)100)127-134(106,141)113-21-43-37(125-132(104,139)111-7)10-49(119-43)88-16-30(2)58(73)81-68(88)99/h16-20,27-29,35-55H,8-15,21-26H2,1-7H3,(H,104,139)(H,105,140)(H,106,141)(H,107,142)(H,108,143)(H,109,144)(H,110,145)(H2,73,81,99)(H2,74,82,100)(H2,75,77,78)(H,85,95,101)(H,86,96,102)(H,87,97,103)(H3,76,83,84,98)/p-6/t35-,36-,37-,38-,39-,40-,41-,42-,43-,44-,45-,46-,47-,48-,49-,50-,51-,52-,53-,54-,55-,132?,133?,134?,135?,136?,137?,138?/m1/s1. The third kappa shape index (κ3) is 26.3. The van der Waals surface area contributed by atoms with Gasteiger partial charge < -0.3 is 161 Å². The lowest BCUT2D eigenvalue weighted by molar-refractivity contribution is -0.221. The zero-order chi connectivity index (χ0) is 105. The number of nitrogens with zero attached hydrogens (tertiary/aromatic N) is 14. The molecule has 0 aromatic carbocycles. The molecule has 7 aliphatic rings. The minimum atomic E-state index is -5.07. The van der Waals surface area contributed by atoms with Gasteiger partial charge in [-0.2, -0.15) is 15.0 Å². The van der Waals surface area contributed by atoms with Gasteiger partial charge in [-0.3, -0.25) is 75.6 Å². The average Bonchev–Trinajstić information content (AvgIpc) is 1.63. The summed E-state index contributed by atoms with van der Waals surface area (Å²) in [5.74, 6) is -0.438. The first kappa shape index (κ1) is 111. The van der Waals surface area contributed by atoms with Crippen LogP contribution in [-0.2, 0) is 184 Å². The Balaban J connectivity index is 0.605. The van der Waals surface area contributed by atoms with Crippen molar-refractivity contribution in [2.45, 2.75) is 222 Å². The molecule has 7 saturated heterocycles. The van der Waals surface area contributed by atoms with Crippen molar-refractivity contribution in [1.82, 2.24) is 86.8 Å². The molecule has 0 aliphatic carbocycles. The molecule has 7 fully saturated rings. The number of aromatic nitrogens is 18. The maximum atomic E-state index is 15.0. The van der Waals surface area contributed by atoms with Gasteiger partial charge in [0.25, 0.3) is 22.2 Å². The smallest absolute Gasteiger partial charge is 0.351 e. The summed E-state index contributed by atoms with van der Waals surface area (Å²) < 4.78 is 148. The molecule has 794 valence electrons. The zero-order valence-corrected chi connectivity index (χ0v) is 88.3. The number of aromatic amines is 4. The van der Waals surface area contributed by atoms with E-state index in [-0.39, 0.29) is 94.5 Å². The average molecular weight is 2300 g/mol. The number of aryl methyl sites for hydroxylation is 5. The topological polar surface area (TPSA) is 792 Å². The second kappa shape index (κ2) is 44.5. The predicted molar refractivity (Wildman–Crippen MR) is 515 cm³/mol. The Labute approximate surface area is 850 Å². The molecule has 7 unspecified atom stereocenters. The largest absolute Gasteiger partial charge is 0.780 e. The molecule has 0 bridgehead atoms. The Morgan fingerprint density at radius 1 is 0.386 bits per heavy atom. The van der Waals surface area contributed by atoms with Crippen LogP contribution in [0.3, 0.4) is 0 Å². The number of nitrogen functional groups attached to an aromatic ring is 4. The fraction of sp³-hybridized carbons (Fsp3) is 0.583. The van der Waals surface area contributed by atoms with Crippen molar-refractivity contribution in [3.63, 3.8) is 0 Å². The molecule has 59 nitrogen and oxygen atoms in total. The second-order valence-electron chi connectivity index (χ2n) is 33.9. The van der Waals surface area contributed by atoms with Crippen LogP contribution in [0, 0.1) is 34.6 Å². The number of H-pyrrole nitrogens is 4. The first-order chi connectivity index (χ1) is 68.2. The molecule has 0 saturated carbocycles. The number of nitrogens with one attached hydrogen (secondary N) is 4. The number of fused-ring (bicyclic) bond motifs is 2. The van der Waals surface area contributed by atoms with Crippen molar-refractivity contribution >= 4 is 176 Å². The first-order valence-corrected chi connectivity index (χ1v) is 61.4. The molecule has 9 aromatic heterocycles. The Morgan fingerprint density at radius 3 is 1.03 bits per heavy atom. The van der Waals surface area contributed by atoms with Gasteiger partial charge in [-0.05, 0) is 52.8 Å². The Hall–Kier alpha value is -6.70. The van der Waals surface area contributed by atoms with Gasteiger partial charge in [0.05, 0.1) is 101 Å². The number of ether oxygens (including phenoxy) is 7. The highest BCUT2D eigenvalue weighted by Gasteiger charge is 2.50. The zero-order valence-electron chi connectivity index (χ0n) is 76.3. The van der Waals surface area contributed by atoms with Crippen LogP contribution in [0.5, 0.6) is 0 Å². The molecule has 145 heavy (non-hydrogen) atoms. The molecule has 9 aromatic rings. The highest BCUT2D eigenvalue weighted by molar-refractivity contribution is 8.32. The van der Waals surface area contributed by atoms with Crippen molar-refractivity contribution in [1.29, 1.82) is 0 Å². The van der Waals surface area contributed by atoms with E-state index in [1.807, 2.05) is 0 Å². The number of imidazole rings is 2. The van der Waals surface area contributed by atoms with E-state index in [4.69, 9.17) is 203 Å². The highest BCUT2D eigenvalue weighted by atomic mass is 32.7. The van der Waals surface area contributed by atoms with Crippen molar-refractivity contribution in [3.05, 3.63) is 172 Å². The van der Waals surface area contributed by atoms with Gasteiger partial charge in [0.2, 0.25) is 5.95 Å². The predicted octanol–water partition coefficient (Wildman–Crippen LogP) is -2.34. The fourth-order valence-electron chi connectivity index (χ4n) is 16.7. The van der Waals surface area contributed by atoms with Crippen LogP contribution in [0.2, 0.25) is 0 Å². The van der Waals surface area contributed by atoms with Crippen LogP contribution in [0.25, 0.3) is 22.3 Å². The summed E-state index contributed by atoms with van der Waals surface area (Å²) in [6.07, 6.45) is -21.1. The van der Waals surface area contributed by atoms with E-state index in [1.54, 1.807) is 13.8 Å². The lowest BCUT2D eigenvalue weighted by atomic mass is 10.1. The van der Waals surface area contributed by atoms with E-state index in [9.17, 15) is 77.1 Å². The summed E-state index contributed by atoms with van der Waals surface area (Å²) in [6, 6.07) is 0. The summed E-state index contributed by atoms with van der Waals surface area (Å²) in [7, 11) is 1.09. The van der Waals surface area contributed by atoms with E-state index in [0.717, 1.165) is 48.7 Å². The molecule has 7 aliphatic heterocycles. The van der Waals surface area contributed by atoms with Gasteiger partial charge in [-0.15, -0.1) is 0 Å². The third-order valence-corrected chi connectivity index (χ3v) is 35.0. The van der Waals surface area contributed by atoms with Gasteiger partial charge in [0.1, 0.15) is 137 Å². The van der Waals surface area contributed by atoms with Gasteiger partial charge in [-0.1, -0.05) is 66.0 Å². The van der Waals surface area contributed by atoms with Crippen LogP contribution in [-0.4, -0.2) is 224 Å². The number of nitrogens with two attached hydrogens (primary N) is 4. The van der Waals surface area contributed by atoms with Crippen molar-refractivity contribution in [2.24, 2.45) is 0 Å². The summed E-state index contributed by atoms with van der Waals surface area (Å²) >= 11 is 38.0. The quantitative estimate of drug-likeness (QED) is 0.0143. The van der Waals surface area contributed by atoms with Crippen molar-refractivity contribution in [3.8, 4) is 0 Å².